The van der Waals surface area contributed by atoms with Crippen LogP contribution >= 0.6 is 0 Å². The van der Waals surface area contributed by atoms with E-state index in [0.29, 0.717) is 18.2 Å². The Morgan fingerprint density at radius 3 is 2.50 bits per heavy atom. The van der Waals surface area contributed by atoms with Gasteiger partial charge in [0.05, 0.1) is 0 Å². The van der Waals surface area contributed by atoms with Gasteiger partial charge in [0.15, 0.2) is 5.78 Å². The van der Waals surface area contributed by atoms with Gasteiger partial charge in [-0.3, -0.25) is 9.59 Å². The number of likely N-dealkylation sites (tertiary alicyclic amines) is 1. The molecular formula is C21H31NO2. The number of carbonyl (C=O) groups is 2. The zero-order valence-electron chi connectivity index (χ0n) is 15.4. The molecular weight excluding hydrogens is 298 g/mol. The lowest BCUT2D eigenvalue weighted by Crippen LogP contribution is -2.37. The first-order valence-corrected chi connectivity index (χ1v) is 9.44. The second-order valence-corrected chi connectivity index (χ2v) is 7.26. The molecule has 0 aromatic heterocycles. The molecule has 1 amide bonds. The highest BCUT2D eigenvalue weighted by Crippen LogP contribution is 2.29. The Morgan fingerprint density at radius 2 is 1.88 bits per heavy atom. The smallest absolute Gasteiger partial charge is 0.222 e. The molecule has 0 saturated carbocycles. The molecule has 0 unspecified atom stereocenters. The summed E-state index contributed by atoms with van der Waals surface area (Å²) in [6.07, 6.45) is 5.99. The highest BCUT2D eigenvalue weighted by Gasteiger charge is 2.24. The van der Waals surface area contributed by atoms with E-state index in [9.17, 15) is 9.59 Å². The van der Waals surface area contributed by atoms with E-state index in [4.69, 9.17) is 0 Å². The number of Topliss-reactive ketones (excluding diaryl/α,β-unsaturated/α-hetero) is 1. The highest BCUT2D eigenvalue weighted by molar-refractivity contribution is 5.97. The van der Waals surface area contributed by atoms with Crippen LogP contribution < -0.4 is 0 Å². The van der Waals surface area contributed by atoms with Crippen LogP contribution in [0.5, 0.6) is 0 Å². The summed E-state index contributed by atoms with van der Waals surface area (Å²) in [5.41, 5.74) is 2.07. The molecule has 3 heteroatoms. The van der Waals surface area contributed by atoms with Gasteiger partial charge in [-0.1, -0.05) is 51.8 Å². The number of hydrogen-bond donors (Lipinski definition) is 0. The third-order valence-electron chi connectivity index (χ3n) is 5.01. The fourth-order valence-corrected chi connectivity index (χ4v) is 3.43. The monoisotopic (exact) mass is 329 g/mol. The van der Waals surface area contributed by atoms with Crippen molar-refractivity contribution in [1.29, 1.82) is 0 Å². The van der Waals surface area contributed by atoms with Crippen molar-refractivity contribution < 1.29 is 9.59 Å². The summed E-state index contributed by atoms with van der Waals surface area (Å²) in [5.74, 6) is 1.01. The van der Waals surface area contributed by atoms with Gasteiger partial charge in [0.1, 0.15) is 0 Å². The van der Waals surface area contributed by atoms with Crippen LogP contribution in [-0.4, -0.2) is 29.7 Å². The minimum atomic E-state index is 0.0304. The minimum Gasteiger partial charge on any atom is -0.343 e. The summed E-state index contributed by atoms with van der Waals surface area (Å²) in [7, 11) is 0. The predicted molar refractivity (Wildman–Crippen MR) is 98.3 cm³/mol. The Bertz CT molecular complexity index is 557. The number of nitrogens with zero attached hydrogens (tertiary/aromatic N) is 1. The molecule has 24 heavy (non-hydrogen) atoms. The van der Waals surface area contributed by atoms with Crippen LogP contribution in [0, 0.1) is 5.92 Å². The molecule has 0 atom stereocenters. The van der Waals surface area contributed by atoms with Crippen LogP contribution in [0.2, 0.25) is 0 Å². The quantitative estimate of drug-likeness (QED) is 0.531. The van der Waals surface area contributed by atoms with E-state index in [1.807, 2.05) is 30.9 Å². The molecule has 0 bridgehead atoms. The van der Waals surface area contributed by atoms with Gasteiger partial charge in [-0.05, 0) is 36.8 Å². The number of piperidine rings is 1. The molecule has 1 heterocycles. The van der Waals surface area contributed by atoms with Crippen molar-refractivity contribution in [3.05, 3.63) is 35.4 Å². The lowest BCUT2D eigenvalue weighted by molar-refractivity contribution is -0.132. The van der Waals surface area contributed by atoms with Crippen molar-refractivity contribution in [1.82, 2.24) is 4.90 Å². The normalized spacial score (nSPS) is 15.8. The van der Waals surface area contributed by atoms with Gasteiger partial charge in [-0.25, -0.2) is 0 Å². The fourth-order valence-electron chi connectivity index (χ4n) is 3.43. The summed E-state index contributed by atoms with van der Waals surface area (Å²) < 4.78 is 0. The number of ketones is 1. The van der Waals surface area contributed by atoms with Gasteiger partial charge in [-0.2, -0.15) is 0 Å². The van der Waals surface area contributed by atoms with Crippen LogP contribution in [-0.2, 0) is 4.79 Å². The van der Waals surface area contributed by atoms with Crippen molar-refractivity contribution in [3.8, 4) is 0 Å². The number of benzene rings is 1. The van der Waals surface area contributed by atoms with Crippen molar-refractivity contribution in [2.24, 2.45) is 5.92 Å². The maximum absolute atomic E-state index is 12.2. The van der Waals surface area contributed by atoms with E-state index < -0.39 is 0 Å². The summed E-state index contributed by atoms with van der Waals surface area (Å²) in [5, 5.41) is 0. The van der Waals surface area contributed by atoms with Gasteiger partial charge in [-0.15, -0.1) is 0 Å². The third kappa shape index (κ3) is 4.93. The van der Waals surface area contributed by atoms with Crippen LogP contribution in [0.3, 0.4) is 0 Å². The molecule has 1 saturated heterocycles. The van der Waals surface area contributed by atoms with Crippen molar-refractivity contribution in [3.63, 3.8) is 0 Å². The van der Waals surface area contributed by atoms with Crippen LogP contribution in [0.25, 0.3) is 0 Å². The van der Waals surface area contributed by atoms with Gasteiger partial charge >= 0.3 is 0 Å². The molecule has 3 nitrogen and oxygen atoms in total. The third-order valence-corrected chi connectivity index (χ3v) is 5.01. The Kier molecular flexibility index (Phi) is 7.01. The number of rotatable bonds is 7. The molecule has 1 aliphatic heterocycles. The molecule has 1 fully saturated rings. The lowest BCUT2D eigenvalue weighted by Gasteiger charge is -2.32. The van der Waals surface area contributed by atoms with Crippen LogP contribution in [0.1, 0.15) is 81.1 Å². The summed E-state index contributed by atoms with van der Waals surface area (Å²) in [6.45, 7) is 7.74. The summed E-state index contributed by atoms with van der Waals surface area (Å²) in [4.78, 5) is 26.4. The van der Waals surface area contributed by atoms with Gasteiger partial charge in [0.2, 0.25) is 5.91 Å². The molecule has 0 aliphatic carbocycles. The molecule has 1 aliphatic rings. The predicted octanol–water partition coefficient (Wildman–Crippen LogP) is 4.81. The molecule has 0 spiro atoms. The average molecular weight is 329 g/mol. The number of carbonyl (C=O) groups excluding carboxylic acids is 2. The largest absolute Gasteiger partial charge is 0.343 e. The molecule has 0 radical (unpaired) electrons. The second kappa shape index (κ2) is 9.00. The number of hydrogen-bond acceptors (Lipinski definition) is 2. The van der Waals surface area contributed by atoms with Gasteiger partial charge in [0.25, 0.3) is 0 Å². The van der Waals surface area contributed by atoms with Crippen molar-refractivity contribution in [2.45, 2.75) is 65.2 Å². The Hall–Kier alpha value is -1.64. The standard InChI is InChI=1S/C21H31NO2/c1-4-5-6-10-20(23)22-13-11-17(12-14-22)18-8-7-9-19(15-18)21(24)16(2)3/h7-9,15-17H,4-6,10-14H2,1-3H3. The summed E-state index contributed by atoms with van der Waals surface area (Å²) in [6, 6.07) is 8.09. The Labute approximate surface area is 146 Å². The van der Waals surface area contributed by atoms with E-state index in [-0.39, 0.29) is 11.7 Å². The van der Waals surface area contributed by atoms with Crippen LogP contribution in [0.15, 0.2) is 24.3 Å². The Morgan fingerprint density at radius 1 is 1.17 bits per heavy atom. The first-order chi connectivity index (χ1) is 11.5. The zero-order chi connectivity index (χ0) is 17.5. The van der Waals surface area contributed by atoms with E-state index in [1.165, 1.54) is 5.56 Å². The highest BCUT2D eigenvalue weighted by atomic mass is 16.2. The number of amides is 1. The maximum atomic E-state index is 12.2. The Balaban J connectivity index is 1.91. The first-order valence-electron chi connectivity index (χ1n) is 9.44. The lowest BCUT2D eigenvalue weighted by atomic mass is 9.87. The number of unbranched alkanes of at least 4 members (excludes halogenated alkanes) is 2. The van der Waals surface area contributed by atoms with Gasteiger partial charge in [0, 0.05) is 31.0 Å². The van der Waals surface area contributed by atoms with E-state index in [2.05, 4.69) is 19.1 Å². The molecule has 0 N–H and O–H groups in total. The molecule has 1 aromatic carbocycles. The zero-order valence-corrected chi connectivity index (χ0v) is 15.4. The second-order valence-electron chi connectivity index (χ2n) is 7.26. The maximum Gasteiger partial charge on any atom is 0.222 e. The van der Waals surface area contributed by atoms with E-state index in [0.717, 1.165) is 50.8 Å². The van der Waals surface area contributed by atoms with Crippen LogP contribution in [0.4, 0.5) is 0 Å². The molecule has 132 valence electrons. The van der Waals surface area contributed by atoms with Crippen molar-refractivity contribution in [2.75, 3.05) is 13.1 Å². The topological polar surface area (TPSA) is 37.4 Å². The SMILES string of the molecule is CCCCCC(=O)N1CCC(c2cccc(C(=O)C(C)C)c2)CC1. The summed E-state index contributed by atoms with van der Waals surface area (Å²) >= 11 is 0. The molecule has 2 rings (SSSR count). The average Bonchev–Trinajstić information content (AvgIpc) is 2.61. The molecule has 1 aromatic rings. The first kappa shape index (κ1) is 18.7. The van der Waals surface area contributed by atoms with E-state index in [1.54, 1.807) is 0 Å². The van der Waals surface area contributed by atoms with Gasteiger partial charge < -0.3 is 4.90 Å². The minimum absolute atomic E-state index is 0.0304. The van der Waals surface area contributed by atoms with Crippen molar-refractivity contribution >= 4 is 11.7 Å². The fraction of sp³-hybridized carbons (Fsp3) is 0.619. The van der Waals surface area contributed by atoms with E-state index >= 15 is 0 Å².